The lowest BCUT2D eigenvalue weighted by Gasteiger charge is -2.20. The first kappa shape index (κ1) is 27.0. The van der Waals surface area contributed by atoms with Gasteiger partial charge in [-0.25, -0.2) is 4.79 Å². The topological polar surface area (TPSA) is 93.2 Å². The van der Waals surface area contributed by atoms with E-state index in [9.17, 15) is 13.6 Å². The van der Waals surface area contributed by atoms with E-state index in [1.165, 1.54) is 13.2 Å². The number of nitrogens with one attached hydrogen (secondary N) is 3. The Morgan fingerprint density at radius 2 is 1.79 bits per heavy atom. The van der Waals surface area contributed by atoms with Gasteiger partial charge in [-0.3, -0.25) is 4.99 Å². The van der Waals surface area contributed by atoms with Crippen LogP contribution < -0.4 is 25.4 Å². The van der Waals surface area contributed by atoms with Crippen molar-refractivity contribution in [2.24, 2.45) is 4.99 Å². The highest BCUT2D eigenvalue weighted by Gasteiger charge is 2.15. The minimum Gasteiger partial charge on any atom is -0.493 e. The summed E-state index contributed by atoms with van der Waals surface area (Å²) in [7, 11) is 2.97. The molecule has 29 heavy (non-hydrogen) atoms. The second-order valence-corrected chi connectivity index (χ2v) is 6.64. The number of halogens is 3. The number of nitrogens with zero attached hydrogens (tertiary/aromatic N) is 1. The maximum Gasteiger partial charge on any atom is 0.407 e. The van der Waals surface area contributed by atoms with Gasteiger partial charge in [-0.15, -0.1) is 24.0 Å². The van der Waals surface area contributed by atoms with Crippen LogP contribution in [0.25, 0.3) is 0 Å². The number of carbonyl (C=O) groups is 1. The van der Waals surface area contributed by atoms with E-state index in [2.05, 4.69) is 25.7 Å². The van der Waals surface area contributed by atoms with Crippen molar-refractivity contribution in [1.29, 1.82) is 0 Å². The summed E-state index contributed by atoms with van der Waals surface area (Å²) in [6.07, 6.45) is -0.498. The molecular formula is C18H29F2IN4O4. The van der Waals surface area contributed by atoms with Crippen molar-refractivity contribution in [3.05, 3.63) is 23.8 Å². The van der Waals surface area contributed by atoms with E-state index in [1.807, 2.05) is 0 Å². The van der Waals surface area contributed by atoms with Gasteiger partial charge in [0.2, 0.25) is 0 Å². The number of methoxy groups -OCH3 is 1. The van der Waals surface area contributed by atoms with Crippen LogP contribution in [0, 0.1) is 0 Å². The summed E-state index contributed by atoms with van der Waals surface area (Å²) in [6.45, 7) is 3.49. The molecule has 0 saturated carbocycles. The third kappa shape index (κ3) is 11.5. The van der Waals surface area contributed by atoms with Gasteiger partial charge >= 0.3 is 12.7 Å². The standard InChI is InChI=1S/C18H28F2N4O4.HI/c1-18(2,3)28-17(25)23-9-8-22-16(21-4)24-11-12-6-7-13(26-5)14(10-12)27-15(19)20;/h6-7,10,15H,8-9,11H2,1-5H3,(H,23,25)(H2,21,22,24);1H. The van der Waals surface area contributed by atoms with Gasteiger partial charge in [-0.05, 0) is 38.5 Å². The Balaban J connectivity index is 0.00000784. The summed E-state index contributed by atoms with van der Waals surface area (Å²) in [5.41, 5.74) is 0.145. The highest BCUT2D eigenvalue weighted by atomic mass is 127. The van der Waals surface area contributed by atoms with Crippen molar-refractivity contribution in [3.63, 3.8) is 0 Å². The smallest absolute Gasteiger partial charge is 0.407 e. The number of hydrogen-bond acceptors (Lipinski definition) is 5. The van der Waals surface area contributed by atoms with Crippen LogP contribution in [0.15, 0.2) is 23.2 Å². The summed E-state index contributed by atoms with van der Waals surface area (Å²) in [6, 6.07) is 4.74. The SMILES string of the molecule is CN=C(NCCNC(=O)OC(C)(C)C)NCc1ccc(OC)c(OC(F)F)c1.I. The van der Waals surface area contributed by atoms with E-state index in [-0.39, 0.29) is 35.5 Å². The average molecular weight is 530 g/mol. The number of alkyl carbamates (subject to hydrolysis) is 1. The third-order valence-electron chi connectivity index (χ3n) is 3.21. The van der Waals surface area contributed by atoms with Gasteiger partial charge in [0.05, 0.1) is 7.11 Å². The van der Waals surface area contributed by atoms with Crippen LogP contribution in [0.1, 0.15) is 26.3 Å². The number of rotatable bonds is 8. The number of benzene rings is 1. The summed E-state index contributed by atoms with van der Waals surface area (Å²) in [5.74, 6) is 0.666. The number of aliphatic imine (C=N–C) groups is 1. The lowest BCUT2D eigenvalue weighted by molar-refractivity contribution is -0.0512. The molecule has 0 unspecified atom stereocenters. The zero-order valence-electron chi connectivity index (χ0n) is 17.2. The van der Waals surface area contributed by atoms with Gasteiger partial charge in [0.25, 0.3) is 0 Å². The molecule has 1 aromatic rings. The quantitative estimate of drug-likeness (QED) is 0.207. The molecule has 0 aliphatic carbocycles. The molecule has 8 nitrogen and oxygen atoms in total. The number of carbonyl (C=O) groups excluding carboxylic acids is 1. The number of ether oxygens (including phenoxy) is 3. The Kier molecular flexibility index (Phi) is 12.3. The molecule has 0 fully saturated rings. The Morgan fingerprint density at radius 3 is 2.34 bits per heavy atom. The van der Waals surface area contributed by atoms with Crippen LogP contribution in [-0.2, 0) is 11.3 Å². The van der Waals surface area contributed by atoms with Crippen molar-refractivity contribution >= 4 is 36.0 Å². The lowest BCUT2D eigenvalue weighted by atomic mass is 10.2. The average Bonchev–Trinajstić information content (AvgIpc) is 2.59. The van der Waals surface area contributed by atoms with Crippen LogP contribution in [-0.4, -0.2) is 51.5 Å². The molecule has 11 heteroatoms. The first-order valence-corrected chi connectivity index (χ1v) is 8.67. The monoisotopic (exact) mass is 530 g/mol. The minimum atomic E-state index is -2.94. The van der Waals surface area contributed by atoms with Gasteiger partial charge < -0.3 is 30.2 Å². The Hall–Kier alpha value is -2.05. The predicted octanol–water partition coefficient (Wildman–Crippen LogP) is 3.10. The molecule has 0 heterocycles. The van der Waals surface area contributed by atoms with Crippen molar-refractivity contribution in [3.8, 4) is 11.5 Å². The second-order valence-electron chi connectivity index (χ2n) is 6.64. The van der Waals surface area contributed by atoms with Gasteiger partial charge in [0, 0.05) is 26.7 Å². The van der Waals surface area contributed by atoms with Crippen molar-refractivity contribution < 1.29 is 27.8 Å². The maximum absolute atomic E-state index is 12.5. The van der Waals surface area contributed by atoms with Crippen LogP contribution in [0.5, 0.6) is 11.5 Å². The van der Waals surface area contributed by atoms with E-state index in [1.54, 1.807) is 40.0 Å². The Morgan fingerprint density at radius 1 is 1.14 bits per heavy atom. The molecule has 0 bridgehead atoms. The van der Waals surface area contributed by atoms with Gasteiger partial charge in [0.15, 0.2) is 17.5 Å². The second kappa shape index (κ2) is 13.2. The molecule has 0 aliphatic heterocycles. The van der Waals surface area contributed by atoms with Crippen LogP contribution in [0.3, 0.4) is 0 Å². The highest BCUT2D eigenvalue weighted by Crippen LogP contribution is 2.29. The van der Waals surface area contributed by atoms with E-state index in [0.29, 0.717) is 31.2 Å². The molecule has 1 rings (SSSR count). The number of alkyl halides is 2. The van der Waals surface area contributed by atoms with E-state index in [4.69, 9.17) is 9.47 Å². The lowest BCUT2D eigenvalue weighted by Crippen LogP contribution is -2.42. The van der Waals surface area contributed by atoms with E-state index >= 15 is 0 Å². The zero-order chi connectivity index (χ0) is 21.2. The fraction of sp³-hybridized carbons (Fsp3) is 0.556. The zero-order valence-corrected chi connectivity index (χ0v) is 19.5. The van der Waals surface area contributed by atoms with Crippen LogP contribution >= 0.6 is 24.0 Å². The van der Waals surface area contributed by atoms with Gasteiger partial charge in [0.1, 0.15) is 5.60 Å². The molecule has 166 valence electrons. The van der Waals surface area contributed by atoms with Crippen LogP contribution in [0.4, 0.5) is 13.6 Å². The van der Waals surface area contributed by atoms with E-state index in [0.717, 1.165) is 0 Å². The molecule has 1 aromatic carbocycles. The first-order chi connectivity index (χ1) is 13.1. The molecule has 0 radical (unpaired) electrons. The summed E-state index contributed by atoms with van der Waals surface area (Å²) >= 11 is 0. The third-order valence-corrected chi connectivity index (χ3v) is 3.21. The van der Waals surface area contributed by atoms with Crippen molar-refractivity contribution in [1.82, 2.24) is 16.0 Å². The molecule has 0 spiro atoms. The predicted molar refractivity (Wildman–Crippen MR) is 117 cm³/mol. The fourth-order valence-corrected chi connectivity index (χ4v) is 2.09. The molecular weight excluding hydrogens is 501 g/mol. The molecule has 0 aromatic heterocycles. The summed E-state index contributed by atoms with van der Waals surface area (Å²) in [4.78, 5) is 15.6. The largest absolute Gasteiger partial charge is 0.493 e. The molecule has 0 atom stereocenters. The molecule has 0 saturated heterocycles. The maximum atomic E-state index is 12.5. The minimum absolute atomic E-state index is 0. The number of amides is 1. The van der Waals surface area contributed by atoms with Crippen molar-refractivity contribution in [2.45, 2.75) is 39.5 Å². The number of guanidine groups is 1. The number of hydrogen-bond donors (Lipinski definition) is 3. The summed E-state index contributed by atoms with van der Waals surface area (Å²) in [5, 5.41) is 8.68. The normalized spacial score (nSPS) is 11.4. The molecule has 3 N–H and O–H groups in total. The molecule has 1 amide bonds. The summed E-state index contributed by atoms with van der Waals surface area (Å²) < 4.78 is 39.6. The van der Waals surface area contributed by atoms with Gasteiger partial charge in [-0.2, -0.15) is 8.78 Å². The van der Waals surface area contributed by atoms with Crippen molar-refractivity contribution in [2.75, 3.05) is 27.2 Å². The van der Waals surface area contributed by atoms with Crippen LogP contribution in [0.2, 0.25) is 0 Å². The molecule has 0 aliphatic rings. The first-order valence-electron chi connectivity index (χ1n) is 8.67. The van der Waals surface area contributed by atoms with E-state index < -0.39 is 18.3 Å². The Labute approximate surface area is 186 Å². The fourth-order valence-electron chi connectivity index (χ4n) is 2.09. The van der Waals surface area contributed by atoms with Gasteiger partial charge in [-0.1, -0.05) is 6.07 Å². The Bertz CT molecular complexity index is 670. The highest BCUT2D eigenvalue weighted by molar-refractivity contribution is 14.0.